The number of amides is 3. The van der Waals surface area contributed by atoms with E-state index in [2.05, 4.69) is 32.8 Å². The van der Waals surface area contributed by atoms with E-state index in [9.17, 15) is 19.5 Å². The Kier molecular flexibility index (Phi) is 9.45. The molecule has 3 aliphatic rings. The first-order valence-electron chi connectivity index (χ1n) is 17.8. The lowest BCUT2D eigenvalue weighted by atomic mass is 9.79. The number of hydrogen-bond acceptors (Lipinski definition) is 7. The second kappa shape index (κ2) is 14.2. The zero-order chi connectivity index (χ0) is 37.7. The topological polar surface area (TPSA) is 142 Å². The predicted octanol–water partition coefficient (Wildman–Crippen LogP) is 6.37. The lowest BCUT2D eigenvalue weighted by Gasteiger charge is -2.47. The van der Waals surface area contributed by atoms with Crippen LogP contribution in [-0.4, -0.2) is 86.7 Å². The summed E-state index contributed by atoms with van der Waals surface area (Å²) in [5.41, 5.74) is 6.92. The van der Waals surface area contributed by atoms with E-state index in [-0.39, 0.29) is 36.4 Å². The van der Waals surface area contributed by atoms with Crippen LogP contribution < -0.4 is 15.4 Å². The lowest BCUT2D eigenvalue weighted by molar-refractivity contribution is -0.121. The van der Waals surface area contributed by atoms with Crippen LogP contribution in [0.5, 0.6) is 5.75 Å². The van der Waals surface area contributed by atoms with Crippen LogP contribution >= 0.6 is 23.2 Å². The first-order chi connectivity index (χ1) is 26.0. The van der Waals surface area contributed by atoms with Gasteiger partial charge in [0.15, 0.2) is 0 Å². The number of halogens is 2. The molecule has 1 spiro atoms. The quantitative estimate of drug-likeness (QED) is 0.149. The summed E-state index contributed by atoms with van der Waals surface area (Å²) in [5, 5.41) is 17.7. The number of methoxy groups -OCH3 is 1. The Morgan fingerprint density at radius 1 is 1.04 bits per heavy atom. The van der Waals surface area contributed by atoms with Crippen molar-refractivity contribution >= 4 is 52.1 Å². The number of nitrogens with zero attached hydrogens (tertiary/aromatic N) is 5. The summed E-state index contributed by atoms with van der Waals surface area (Å²) in [7, 11) is 3.53. The molecule has 1 atom stereocenters. The molecule has 0 saturated carbocycles. The van der Waals surface area contributed by atoms with Gasteiger partial charge in [-0.2, -0.15) is 0 Å². The van der Waals surface area contributed by atoms with Crippen LogP contribution in [0.15, 0.2) is 67.0 Å². The van der Waals surface area contributed by atoms with Crippen molar-refractivity contribution in [1.82, 2.24) is 35.0 Å². The molecule has 3 aromatic heterocycles. The number of aryl methyl sites for hydroxylation is 1. The van der Waals surface area contributed by atoms with Crippen molar-refractivity contribution in [2.24, 2.45) is 12.5 Å². The number of carbonyl (C=O) groups is 3. The number of hydrogen-bond donors (Lipinski definition) is 3. The van der Waals surface area contributed by atoms with Gasteiger partial charge >= 0.3 is 6.09 Å². The maximum absolute atomic E-state index is 12.1. The molecular formula is C40H39Cl2N7O5. The molecule has 0 radical (unpaired) electrons. The van der Waals surface area contributed by atoms with Gasteiger partial charge in [0.05, 0.1) is 35.1 Å². The van der Waals surface area contributed by atoms with Crippen molar-refractivity contribution in [3.8, 4) is 39.4 Å². The van der Waals surface area contributed by atoms with Gasteiger partial charge < -0.3 is 29.9 Å². The number of fused-ring (bicyclic) bond motifs is 1. The Balaban J connectivity index is 1.04. The molecule has 3 saturated heterocycles. The molecule has 3 amide bonds. The lowest BCUT2D eigenvalue weighted by Crippen LogP contribution is -2.56. The van der Waals surface area contributed by atoms with E-state index in [1.165, 1.54) is 17.6 Å². The first-order valence-corrected chi connectivity index (χ1v) is 18.6. The average molecular weight is 769 g/mol. The number of pyridine rings is 2. The molecule has 14 heteroatoms. The molecule has 2 aromatic carbocycles. The molecule has 5 aromatic rings. The Morgan fingerprint density at radius 3 is 2.56 bits per heavy atom. The number of likely N-dealkylation sites (tertiary alicyclic amines) is 1. The summed E-state index contributed by atoms with van der Waals surface area (Å²) in [5.74, 6) is 0.564. The van der Waals surface area contributed by atoms with Crippen molar-refractivity contribution in [1.29, 1.82) is 0 Å². The molecule has 6 heterocycles. The summed E-state index contributed by atoms with van der Waals surface area (Å²) in [6, 6.07) is 16.9. The van der Waals surface area contributed by atoms with Gasteiger partial charge in [-0.05, 0) is 36.2 Å². The smallest absolute Gasteiger partial charge is 0.407 e. The van der Waals surface area contributed by atoms with E-state index in [1.54, 1.807) is 12.3 Å². The summed E-state index contributed by atoms with van der Waals surface area (Å²) in [4.78, 5) is 48.9. The van der Waals surface area contributed by atoms with Crippen molar-refractivity contribution in [3.05, 3.63) is 88.2 Å². The number of aromatic nitrogens is 3. The van der Waals surface area contributed by atoms with Crippen LogP contribution in [0.2, 0.25) is 10.0 Å². The predicted molar refractivity (Wildman–Crippen MR) is 206 cm³/mol. The fourth-order valence-electron chi connectivity index (χ4n) is 8.15. The van der Waals surface area contributed by atoms with E-state index >= 15 is 0 Å². The maximum atomic E-state index is 12.1. The van der Waals surface area contributed by atoms with Gasteiger partial charge in [0.25, 0.3) is 0 Å². The minimum atomic E-state index is -1.08. The number of carboxylic acid groups (broad SMARTS) is 1. The van der Waals surface area contributed by atoms with Gasteiger partial charge in [-0.1, -0.05) is 53.5 Å². The minimum Gasteiger partial charge on any atom is -0.496 e. The van der Waals surface area contributed by atoms with Crippen molar-refractivity contribution in [2.75, 3.05) is 33.3 Å². The van der Waals surface area contributed by atoms with Crippen LogP contribution in [0.1, 0.15) is 30.4 Å². The summed E-state index contributed by atoms with van der Waals surface area (Å²) in [6.45, 7) is 3.63. The number of nitrogens with one attached hydrogen (secondary N) is 2. The SMILES string of the molecule is COc1cc(-c2nccc(-c3cccc(-c4ccc5c(CN6CC7(CNC(=O)C7)C6)cn(C)c5n4)c3Cl)c2Cl)ccc1CN(CC1CCC(=O)N1)C(=O)O. The summed E-state index contributed by atoms with van der Waals surface area (Å²) < 4.78 is 7.74. The third-order valence-corrected chi connectivity index (χ3v) is 11.6. The molecule has 8 rings (SSSR count). The highest BCUT2D eigenvalue weighted by Gasteiger charge is 2.48. The van der Waals surface area contributed by atoms with Crippen LogP contribution in [0.25, 0.3) is 44.7 Å². The largest absolute Gasteiger partial charge is 0.496 e. The number of ether oxygens (including phenoxy) is 1. The zero-order valence-electron chi connectivity index (χ0n) is 29.9. The molecule has 0 bridgehead atoms. The van der Waals surface area contributed by atoms with E-state index in [0.717, 1.165) is 54.0 Å². The normalized spacial score (nSPS) is 17.8. The standard InChI is InChI=1S/C40H39Cl2N7O5/c1-47-16-25(17-48-21-40(22-48)15-34(51)44-20-40)27-9-10-31(46-38(27)47)30-5-3-4-28(35(30)41)29-12-13-43-37(36(29)42)23-6-7-24(32(14-23)54-2)18-49(39(52)53)19-26-8-11-33(50)45-26/h3-7,9-10,12-14,16,26H,8,11,15,17-22H2,1-2H3,(H,44,51)(H,45,50)(H,52,53). The zero-order valence-corrected chi connectivity index (χ0v) is 31.4. The van der Waals surface area contributed by atoms with Gasteiger partial charge in [0, 0.05) is 110 Å². The highest BCUT2D eigenvalue weighted by atomic mass is 35.5. The maximum Gasteiger partial charge on any atom is 0.407 e. The third-order valence-electron chi connectivity index (χ3n) is 10.8. The van der Waals surface area contributed by atoms with Gasteiger partial charge in [0.2, 0.25) is 11.8 Å². The third kappa shape index (κ3) is 6.74. The van der Waals surface area contributed by atoms with Crippen LogP contribution in [-0.2, 0) is 29.7 Å². The second-order valence-electron chi connectivity index (χ2n) is 14.6. The monoisotopic (exact) mass is 767 g/mol. The van der Waals surface area contributed by atoms with Crippen LogP contribution in [0, 0.1) is 5.41 Å². The van der Waals surface area contributed by atoms with Crippen LogP contribution in [0.3, 0.4) is 0 Å². The van der Waals surface area contributed by atoms with E-state index < -0.39 is 6.09 Å². The molecule has 12 nitrogen and oxygen atoms in total. The van der Waals surface area contributed by atoms with Crippen molar-refractivity contribution < 1.29 is 24.2 Å². The van der Waals surface area contributed by atoms with Crippen molar-refractivity contribution in [2.45, 2.75) is 38.4 Å². The highest BCUT2D eigenvalue weighted by molar-refractivity contribution is 6.39. The van der Waals surface area contributed by atoms with Gasteiger partial charge in [-0.15, -0.1) is 0 Å². The Hall–Kier alpha value is -5.17. The summed E-state index contributed by atoms with van der Waals surface area (Å²) >= 11 is 14.3. The van der Waals surface area contributed by atoms with Crippen LogP contribution in [0.4, 0.5) is 4.79 Å². The first kappa shape index (κ1) is 35.8. The molecule has 3 N–H and O–H groups in total. The molecule has 3 fully saturated rings. The van der Waals surface area contributed by atoms with E-state index in [4.69, 9.17) is 32.9 Å². The number of benzene rings is 2. The minimum absolute atomic E-state index is 0.0685. The van der Waals surface area contributed by atoms with Gasteiger partial charge in [-0.3, -0.25) is 19.5 Å². The van der Waals surface area contributed by atoms with Crippen molar-refractivity contribution in [3.63, 3.8) is 0 Å². The van der Waals surface area contributed by atoms with E-state index in [0.29, 0.717) is 57.4 Å². The molecule has 278 valence electrons. The Bertz CT molecular complexity index is 2320. The number of carbonyl (C=O) groups excluding carboxylic acids is 2. The Morgan fingerprint density at radius 2 is 1.83 bits per heavy atom. The highest BCUT2D eigenvalue weighted by Crippen LogP contribution is 2.43. The number of rotatable bonds is 10. The summed E-state index contributed by atoms with van der Waals surface area (Å²) in [6.07, 6.45) is 4.32. The van der Waals surface area contributed by atoms with Gasteiger partial charge in [0.1, 0.15) is 11.4 Å². The average Bonchev–Trinajstić information content (AvgIpc) is 3.84. The molecule has 54 heavy (non-hydrogen) atoms. The molecule has 3 aliphatic heterocycles. The second-order valence-corrected chi connectivity index (χ2v) is 15.4. The fraction of sp³-hybridized carbons (Fsp3) is 0.325. The molecule has 0 aliphatic carbocycles. The molecular weight excluding hydrogens is 729 g/mol. The molecule has 1 unspecified atom stereocenters. The fourth-order valence-corrected chi connectivity index (χ4v) is 8.80. The van der Waals surface area contributed by atoms with E-state index in [1.807, 2.05) is 54.1 Å². The Labute approximate surface area is 322 Å². The van der Waals surface area contributed by atoms with Gasteiger partial charge in [-0.25, -0.2) is 9.78 Å².